The number of halogens is 1. The number of piperidine rings is 1. The molecule has 2 aromatic rings. The Morgan fingerprint density at radius 2 is 1.90 bits per heavy atom. The maximum absolute atomic E-state index is 13.7. The molecule has 2 aromatic carbocycles. The van der Waals surface area contributed by atoms with Crippen molar-refractivity contribution in [3.8, 4) is 5.75 Å². The number of nitrogens with zero attached hydrogens (tertiary/aromatic N) is 1. The molecule has 0 atom stereocenters. The van der Waals surface area contributed by atoms with Crippen molar-refractivity contribution in [2.45, 2.75) is 29.9 Å². The minimum atomic E-state index is -3.65. The molecule has 1 saturated heterocycles. The van der Waals surface area contributed by atoms with Gasteiger partial charge in [0.05, 0.1) is 17.6 Å². The van der Waals surface area contributed by atoms with Crippen LogP contribution in [0.25, 0.3) is 0 Å². The lowest BCUT2D eigenvalue weighted by Crippen LogP contribution is -2.35. The topological polar surface area (TPSA) is 75.7 Å². The Labute approximate surface area is 187 Å². The molecule has 0 radical (unpaired) electrons. The average molecular weight is 467 g/mol. The fraction of sp³-hybridized carbons (Fsp3) is 0.409. The Morgan fingerprint density at radius 3 is 2.61 bits per heavy atom. The highest BCUT2D eigenvalue weighted by atomic mass is 32.2. The van der Waals surface area contributed by atoms with Gasteiger partial charge in [0.2, 0.25) is 10.0 Å². The molecule has 1 amide bonds. The lowest BCUT2D eigenvalue weighted by atomic mass is 10.2. The number of hydrogen-bond donors (Lipinski definition) is 1. The van der Waals surface area contributed by atoms with Crippen LogP contribution in [-0.2, 0) is 15.8 Å². The number of sulfonamides is 1. The summed E-state index contributed by atoms with van der Waals surface area (Å²) >= 11 is 1.51. The van der Waals surface area contributed by atoms with Crippen LogP contribution in [0.1, 0.15) is 35.2 Å². The molecule has 0 spiro atoms. The third kappa shape index (κ3) is 5.99. The number of amides is 1. The summed E-state index contributed by atoms with van der Waals surface area (Å²) in [6.07, 6.45) is 2.71. The number of carbonyl (C=O) groups is 1. The molecule has 1 N–H and O–H groups in total. The average Bonchev–Trinajstić information content (AvgIpc) is 2.80. The Hall–Kier alpha value is -2.10. The number of methoxy groups -OCH3 is 1. The van der Waals surface area contributed by atoms with Gasteiger partial charge in [0.25, 0.3) is 5.91 Å². The summed E-state index contributed by atoms with van der Waals surface area (Å²) < 4.78 is 46.3. The first-order chi connectivity index (χ1) is 14.9. The maximum atomic E-state index is 13.7. The lowest BCUT2D eigenvalue weighted by molar-refractivity contribution is 0.0953. The number of carbonyl (C=O) groups excluding carboxylic acids is 1. The van der Waals surface area contributed by atoms with Gasteiger partial charge in [-0.25, -0.2) is 12.8 Å². The first-order valence-electron chi connectivity index (χ1n) is 10.2. The molecule has 0 unspecified atom stereocenters. The molecular weight excluding hydrogens is 439 g/mol. The van der Waals surface area contributed by atoms with Gasteiger partial charge in [-0.3, -0.25) is 4.79 Å². The SMILES string of the molecule is COc1ccc(S(=O)(=O)N2CCCCC2)cc1C(=O)NCCSCc1ccccc1F. The molecule has 0 aromatic heterocycles. The Morgan fingerprint density at radius 1 is 1.16 bits per heavy atom. The van der Waals surface area contributed by atoms with Crippen molar-refractivity contribution in [3.05, 3.63) is 59.4 Å². The number of thioether (sulfide) groups is 1. The Balaban J connectivity index is 1.61. The van der Waals surface area contributed by atoms with E-state index in [-0.39, 0.29) is 16.3 Å². The van der Waals surface area contributed by atoms with Gasteiger partial charge >= 0.3 is 0 Å². The molecule has 31 heavy (non-hydrogen) atoms. The molecular formula is C22H27FN2O4S2. The first kappa shape index (κ1) is 23.6. The van der Waals surface area contributed by atoms with Gasteiger partial charge in [-0.15, -0.1) is 0 Å². The van der Waals surface area contributed by atoms with Crippen molar-refractivity contribution < 1.29 is 22.3 Å². The molecule has 1 aliphatic heterocycles. The Kier molecular flexibility index (Phi) is 8.34. The molecule has 1 aliphatic rings. The van der Waals surface area contributed by atoms with E-state index in [1.807, 2.05) is 0 Å². The van der Waals surface area contributed by atoms with Crippen LogP contribution in [0.15, 0.2) is 47.4 Å². The van der Waals surface area contributed by atoms with E-state index in [1.54, 1.807) is 18.2 Å². The van der Waals surface area contributed by atoms with E-state index in [0.717, 1.165) is 19.3 Å². The summed E-state index contributed by atoms with van der Waals surface area (Å²) in [5, 5.41) is 2.79. The van der Waals surface area contributed by atoms with Crippen LogP contribution in [0.2, 0.25) is 0 Å². The van der Waals surface area contributed by atoms with Crippen molar-refractivity contribution in [1.82, 2.24) is 9.62 Å². The van der Waals surface area contributed by atoms with Crippen LogP contribution in [0.5, 0.6) is 5.75 Å². The molecule has 1 heterocycles. The molecule has 168 valence electrons. The molecule has 6 nitrogen and oxygen atoms in total. The van der Waals surface area contributed by atoms with E-state index in [4.69, 9.17) is 4.74 Å². The van der Waals surface area contributed by atoms with Gasteiger partial charge in [-0.2, -0.15) is 16.1 Å². The highest BCUT2D eigenvalue weighted by molar-refractivity contribution is 7.98. The molecule has 9 heteroatoms. The van der Waals surface area contributed by atoms with E-state index in [0.29, 0.717) is 42.5 Å². The summed E-state index contributed by atoms with van der Waals surface area (Å²) in [7, 11) is -2.21. The molecule has 0 bridgehead atoms. The summed E-state index contributed by atoms with van der Waals surface area (Å²) in [6.45, 7) is 1.36. The van der Waals surface area contributed by atoms with Crippen LogP contribution in [-0.4, -0.2) is 51.1 Å². The zero-order chi connectivity index (χ0) is 22.3. The normalized spacial score (nSPS) is 14.9. The second-order valence-electron chi connectivity index (χ2n) is 7.23. The van der Waals surface area contributed by atoms with Gasteiger partial charge in [-0.1, -0.05) is 24.6 Å². The van der Waals surface area contributed by atoms with Gasteiger partial charge < -0.3 is 10.1 Å². The molecule has 0 aliphatic carbocycles. The number of benzene rings is 2. The quantitative estimate of drug-likeness (QED) is 0.571. The highest BCUT2D eigenvalue weighted by Gasteiger charge is 2.27. The summed E-state index contributed by atoms with van der Waals surface area (Å²) in [5.41, 5.74) is 0.802. The van der Waals surface area contributed by atoms with Crippen molar-refractivity contribution in [3.63, 3.8) is 0 Å². The van der Waals surface area contributed by atoms with Crippen molar-refractivity contribution in [2.24, 2.45) is 0 Å². The van der Waals surface area contributed by atoms with E-state index in [9.17, 15) is 17.6 Å². The fourth-order valence-corrected chi connectivity index (χ4v) is 5.80. The largest absolute Gasteiger partial charge is 0.496 e. The highest BCUT2D eigenvalue weighted by Crippen LogP contribution is 2.26. The van der Waals surface area contributed by atoms with Gasteiger partial charge in [0, 0.05) is 31.1 Å². The standard InChI is InChI=1S/C22H27FN2O4S2/c1-29-21-10-9-18(31(27,28)25-12-5-2-6-13-25)15-19(21)22(26)24-11-14-30-16-17-7-3-4-8-20(17)23/h3-4,7-10,15H,2,5-6,11-14,16H2,1H3,(H,24,26). The fourth-order valence-electron chi connectivity index (χ4n) is 3.41. The summed E-state index contributed by atoms with van der Waals surface area (Å²) in [5.74, 6) is 0.771. The Bertz CT molecular complexity index is 1010. The first-order valence-corrected chi connectivity index (χ1v) is 12.8. The third-order valence-electron chi connectivity index (χ3n) is 5.12. The smallest absolute Gasteiger partial charge is 0.255 e. The molecule has 1 fully saturated rings. The van der Waals surface area contributed by atoms with Crippen LogP contribution < -0.4 is 10.1 Å². The van der Waals surface area contributed by atoms with Crippen molar-refractivity contribution >= 4 is 27.7 Å². The summed E-state index contributed by atoms with van der Waals surface area (Å²) in [6, 6.07) is 11.0. The van der Waals surface area contributed by atoms with Crippen molar-refractivity contribution in [1.29, 1.82) is 0 Å². The predicted octanol–water partition coefficient (Wildman–Crippen LogP) is 3.67. The van der Waals surface area contributed by atoms with Gasteiger partial charge in [0.15, 0.2) is 0 Å². The van der Waals surface area contributed by atoms with E-state index in [1.165, 1.54) is 47.4 Å². The number of hydrogen-bond acceptors (Lipinski definition) is 5. The van der Waals surface area contributed by atoms with Crippen LogP contribution >= 0.6 is 11.8 Å². The maximum Gasteiger partial charge on any atom is 0.255 e. The third-order valence-corrected chi connectivity index (χ3v) is 8.02. The molecule has 3 rings (SSSR count). The summed E-state index contributed by atoms with van der Waals surface area (Å²) in [4.78, 5) is 12.8. The number of nitrogens with one attached hydrogen (secondary N) is 1. The second kappa shape index (κ2) is 11.0. The van der Waals surface area contributed by atoms with Crippen LogP contribution in [0.3, 0.4) is 0 Å². The predicted molar refractivity (Wildman–Crippen MR) is 120 cm³/mol. The van der Waals surface area contributed by atoms with E-state index >= 15 is 0 Å². The monoisotopic (exact) mass is 466 g/mol. The zero-order valence-electron chi connectivity index (χ0n) is 17.5. The van der Waals surface area contributed by atoms with Crippen molar-refractivity contribution in [2.75, 3.05) is 32.5 Å². The number of rotatable bonds is 9. The van der Waals surface area contributed by atoms with Crippen LogP contribution in [0.4, 0.5) is 4.39 Å². The second-order valence-corrected chi connectivity index (χ2v) is 10.3. The lowest BCUT2D eigenvalue weighted by Gasteiger charge is -2.26. The minimum Gasteiger partial charge on any atom is -0.496 e. The van der Waals surface area contributed by atoms with E-state index < -0.39 is 15.9 Å². The minimum absolute atomic E-state index is 0.0919. The number of ether oxygens (including phenoxy) is 1. The van der Waals surface area contributed by atoms with Gasteiger partial charge in [-0.05, 0) is 42.7 Å². The van der Waals surface area contributed by atoms with E-state index in [2.05, 4.69) is 5.32 Å². The van der Waals surface area contributed by atoms with Gasteiger partial charge in [0.1, 0.15) is 11.6 Å². The molecule has 0 saturated carbocycles. The van der Waals surface area contributed by atoms with Crippen LogP contribution in [0, 0.1) is 5.82 Å². The zero-order valence-corrected chi connectivity index (χ0v) is 19.1.